The third-order valence-electron chi connectivity index (χ3n) is 3.74. The lowest BCUT2D eigenvalue weighted by Crippen LogP contribution is -2.29. The number of rotatable bonds is 2. The van der Waals surface area contributed by atoms with Crippen LogP contribution < -0.4 is 11.2 Å². The topological polar surface area (TPSA) is 67.5 Å². The van der Waals surface area contributed by atoms with Gasteiger partial charge in [-0.25, -0.2) is 5.43 Å². The number of nitrogen functional groups attached to an aromatic ring is 1. The van der Waals surface area contributed by atoms with E-state index in [2.05, 4.69) is 24.4 Å². The molecule has 1 amide bonds. The van der Waals surface area contributed by atoms with E-state index in [4.69, 9.17) is 5.73 Å². The summed E-state index contributed by atoms with van der Waals surface area (Å²) in [6.45, 7) is 4.34. The van der Waals surface area contributed by atoms with Crippen molar-refractivity contribution in [2.75, 3.05) is 5.73 Å². The van der Waals surface area contributed by atoms with Crippen molar-refractivity contribution in [3.8, 4) is 0 Å². The van der Waals surface area contributed by atoms with Gasteiger partial charge in [0.1, 0.15) is 0 Å². The molecule has 0 saturated heterocycles. The number of amides is 1. The van der Waals surface area contributed by atoms with Gasteiger partial charge in [-0.05, 0) is 48.9 Å². The number of anilines is 1. The molecule has 1 fully saturated rings. The summed E-state index contributed by atoms with van der Waals surface area (Å²) in [5.41, 5.74) is 10.6. The van der Waals surface area contributed by atoms with Gasteiger partial charge in [-0.15, -0.1) is 0 Å². The van der Waals surface area contributed by atoms with Gasteiger partial charge in [0.25, 0.3) is 5.91 Å². The first kappa shape index (κ1) is 13.6. The van der Waals surface area contributed by atoms with Crippen LogP contribution in [0, 0.1) is 11.8 Å². The Kier molecular flexibility index (Phi) is 4.20. The first-order valence-electron chi connectivity index (χ1n) is 6.81. The maximum absolute atomic E-state index is 12.0. The number of nitrogens with one attached hydrogen (secondary N) is 1. The number of hydrogen-bond acceptors (Lipinski definition) is 3. The second kappa shape index (κ2) is 5.87. The summed E-state index contributed by atoms with van der Waals surface area (Å²) in [6, 6.07) is 6.85. The van der Waals surface area contributed by atoms with Crippen molar-refractivity contribution in [1.82, 2.24) is 5.43 Å². The van der Waals surface area contributed by atoms with Crippen molar-refractivity contribution >= 4 is 17.3 Å². The summed E-state index contributed by atoms with van der Waals surface area (Å²) >= 11 is 0. The lowest BCUT2D eigenvalue weighted by Gasteiger charge is -2.26. The molecule has 19 heavy (non-hydrogen) atoms. The minimum absolute atomic E-state index is 0.183. The number of carbonyl (C=O) groups excluding carboxylic acids is 1. The van der Waals surface area contributed by atoms with E-state index in [9.17, 15) is 4.79 Å². The maximum Gasteiger partial charge on any atom is 0.271 e. The van der Waals surface area contributed by atoms with Gasteiger partial charge < -0.3 is 5.73 Å². The van der Waals surface area contributed by atoms with E-state index in [0.29, 0.717) is 23.1 Å². The zero-order valence-corrected chi connectivity index (χ0v) is 11.5. The Morgan fingerprint density at radius 1 is 1.21 bits per heavy atom. The second-order valence-electron chi connectivity index (χ2n) is 5.33. The third kappa shape index (κ3) is 3.34. The predicted octanol–water partition coefficient (Wildman–Crippen LogP) is 2.81. The molecule has 0 bridgehead atoms. The van der Waals surface area contributed by atoms with Crippen molar-refractivity contribution in [3.05, 3.63) is 29.8 Å². The predicted molar refractivity (Wildman–Crippen MR) is 77.9 cm³/mol. The molecule has 4 nitrogen and oxygen atoms in total. The van der Waals surface area contributed by atoms with Crippen molar-refractivity contribution < 1.29 is 4.79 Å². The van der Waals surface area contributed by atoms with E-state index in [-0.39, 0.29) is 5.91 Å². The Bertz CT molecular complexity index is 467. The fraction of sp³-hybridized carbons (Fsp3) is 0.467. The normalized spacial score (nSPS) is 22.9. The number of nitrogens with zero attached hydrogens (tertiary/aromatic N) is 1. The van der Waals surface area contributed by atoms with Crippen molar-refractivity contribution in [2.24, 2.45) is 16.9 Å². The molecule has 0 aliphatic heterocycles. The lowest BCUT2D eigenvalue weighted by atomic mass is 9.81. The zero-order chi connectivity index (χ0) is 13.8. The Morgan fingerprint density at radius 2 is 1.79 bits per heavy atom. The smallest absolute Gasteiger partial charge is 0.271 e. The Labute approximate surface area is 114 Å². The highest BCUT2D eigenvalue weighted by Crippen LogP contribution is 2.25. The molecule has 0 aromatic heterocycles. The average Bonchev–Trinajstić information content (AvgIpc) is 2.38. The molecule has 1 aliphatic carbocycles. The summed E-state index contributed by atoms with van der Waals surface area (Å²) in [7, 11) is 0. The van der Waals surface area contributed by atoms with Gasteiger partial charge >= 0.3 is 0 Å². The highest BCUT2D eigenvalue weighted by Gasteiger charge is 2.23. The summed E-state index contributed by atoms with van der Waals surface area (Å²) in [4.78, 5) is 12.0. The Morgan fingerprint density at radius 3 is 2.37 bits per heavy atom. The van der Waals surface area contributed by atoms with Gasteiger partial charge in [-0.2, -0.15) is 5.10 Å². The molecule has 3 N–H and O–H groups in total. The second-order valence-corrected chi connectivity index (χ2v) is 5.33. The van der Waals surface area contributed by atoms with Gasteiger partial charge in [0, 0.05) is 17.0 Å². The van der Waals surface area contributed by atoms with Crippen LogP contribution in [0.1, 0.15) is 43.5 Å². The van der Waals surface area contributed by atoms with E-state index < -0.39 is 0 Å². The average molecular weight is 259 g/mol. The number of nitrogens with two attached hydrogens (primary N) is 1. The molecule has 1 aromatic carbocycles. The van der Waals surface area contributed by atoms with E-state index in [1.165, 1.54) is 6.42 Å². The van der Waals surface area contributed by atoms with Crippen LogP contribution in [-0.2, 0) is 0 Å². The van der Waals surface area contributed by atoms with Gasteiger partial charge in [0.05, 0.1) is 0 Å². The SMILES string of the molecule is C[C@H]1CCC[C@H](C)C1=NNC(=O)c1ccc(N)cc1. The molecule has 0 unspecified atom stereocenters. The lowest BCUT2D eigenvalue weighted by molar-refractivity contribution is 0.0954. The standard InChI is InChI=1S/C15H21N3O/c1-10-4-3-5-11(2)14(10)17-18-15(19)12-6-8-13(16)9-7-12/h6-11H,3-5,16H2,1-2H3,(H,18,19)/t10-,11-/m0/s1. The van der Waals surface area contributed by atoms with Gasteiger partial charge in [-0.1, -0.05) is 20.3 Å². The van der Waals surface area contributed by atoms with Crippen molar-refractivity contribution in [1.29, 1.82) is 0 Å². The van der Waals surface area contributed by atoms with E-state index in [0.717, 1.165) is 18.6 Å². The van der Waals surface area contributed by atoms with Crippen LogP contribution in [0.15, 0.2) is 29.4 Å². The highest BCUT2D eigenvalue weighted by atomic mass is 16.2. The zero-order valence-electron chi connectivity index (χ0n) is 11.5. The molecule has 2 rings (SSSR count). The van der Waals surface area contributed by atoms with Crippen LogP contribution in [0.4, 0.5) is 5.69 Å². The molecule has 102 valence electrons. The maximum atomic E-state index is 12.0. The van der Waals surface area contributed by atoms with Crippen LogP contribution in [0.25, 0.3) is 0 Å². The van der Waals surface area contributed by atoms with Crippen molar-refractivity contribution in [3.63, 3.8) is 0 Å². The quantitative estimate of drug-likeness (QED) is 0.633. The molecule has 0 spiro atoms. The molecule has 1 aliphatic rings. The fourth-order valence-corrected chi connectivity index (χ4v) is 2.55. The molecule has 0 radical (unpaired) electrons. The number of hydrazone groups is 1. The highest BCUT2D eigenvalue weighted by molar-refractivity contribution is 5.96. The molecule has 2 atom stereocenters. The summed E-state index contributed by atoms with van der Waals surface area (Å²) in [5.74, 6) is 0.725. The van der Waals surface area contributed by atoms with Crippen LogP contribution in [-0.4, -0.2) is 11.6 Å². The first-order valence-corrected chi connectivity index (χ1v) is 6.81. The summed E-state index contributed by atoms with van der Waals surface area (Å²) in [5, 5.41) is 4.33. The van der Waals surface area contributed by atoms with Crippen LogP contribution >= 0.6 is 0 Å². The number of hydrogen-bond donors (Lipinski definition) is 2. The fourth-order valence-electron chi connectivity index (χ4n) is 2.55. The molecule has 4 heteroatoms. The largest absolute Gasteiger partial charge is 0.399 e. The van der Waals surface area contributed by atoms with Gasteiger partial charge in [-0.3, -0.25) is 4.79 Å². The summed E-state index contributed by atoms with van der Waals surface area (Å²) in [6.07, 6.45) is 3.55. The molecular formula is C15H21N3O. The van der Waals surface area contributed by atoms with Crippen LogP contribution in [0.3, 0.4) is 0 Å². The van der Waals surface area contributed by atoms with E-state index >= 15 is 0 Å². The monoisotopic (exact) mass is 259 g/mol. The summed E-state index contributed by atoms with van der Waals surface area (Å²) < 4.78 is 0. The molecule has 1 saturated carbocycles. The van der Waals surface area contributed by atoms with Gasteiger partial charge in [0.15, 0.2) is 0 Å². The molecular weight excluding hydrogens is 238 g/mol. The van der Waals surface area contributed by atoms with Crippen molar-refractivity contribution in [2.45, 2.75) is 33.1 Å². The number of benzene rings is 1. The Hall–Kier alpha value is -1.84. The minimum atomic E-state index is -0.183. The van der Waals surface area contributed by atoms with Crippen LogP contribution in [0.2, 0.25) is 0 Å². The third-order valence-corrected chi connectivity index (χ3v) is 3.74. The first-order chi connectivity index (χ1) is 9.08. The molecule has 0 heterocycles. The minimum Gasteiger partial charge on any atom is -0.399 e. The Balaban J connectivity index is 2.04. The van der Waals surface area contributed by atoms with E-state index in [1.54, 1.807) is 24.3 Å². The molecule has 1 aromatic rings. The van der Waals surface area contributed by atoms with Gasteiger partial charge in [0.2, 0.25) is 0 Å². The number of carbonyl (C=O) groups is 1. The van der Waals surface area contributed by atoms with Crippen LogP contribution in [0.5, 0.6) is 0 Å². The van der Waals surface area contributed by atoms with E-state index in [1.807, 2.05) is 0 Å².